The summed E-state index contributed by atoms with van der Waals surface area (Å²) in [5, 5.41) is 3.24. The topological polar surface area (TPSA) is 64.6 Å². The minimum Gasteiger partial charge on any atom is -0.482 e. The van der Waals surface area contributed by atoms with E-state index in [1.165, 1.54) is 0 Å². The van der Waals surface area contributed by atoms with E-state index in [0.29, 0.717) is 16.5 Å². The molecule has 1 N–H and O–H groups in total. The van der Waals surface area contributed by atoms with Gasteiger partial charge in [-0.05, 0) is 42.8 Å². The summed E-state index contributed by atoms with van der Waals surface area (Å²) in [4.78, 5) is 23.3. The number of rotatable bonds is 6. The minimum atomic E-state index is -0.614. The van der Waals surface area contributed by atoms with Crippen LogP contribution >= 0.6 is 11.6 Å². The van der Waals surface area contributed by atoms with E-state index < -0.39 is 11.9 Å². The highest BCUT2D eigenvalue weighted by atomic mass is 35.5. The fraction of sp³-hybridized carbons (Fsp3) is 0.176. The van der Waals surface area contributed by atoms with Crippen molar-refractivity contribution in [2.24, 2.45) is 0 Å². The highest BCUT2D eigenvalue weighted by Crippen LogP contribution is 2.19. The second kappa shape index (κ2) is 8.19. The molecule has 2 aromatic rings. The van der Waals surface area contributed by atoms with E-state index in [1.807, 2.05) is 13.0 Å². The average molecular weight is 334 g/mol. The largest absolute Gasteiger partial charge is 0.482 e. The highest BCUT2D eigenvalue weighted by Gasteiger charge is 2.10. The van der Waals surface area contributed by atoms with Gasteiger partial charge in [-0.3, -0.25) is 4.79 Å². The highest BCUT2D eigenvalue weighted by molar-refractivity contribution is 6.30. The fourth-order valence-electron chi connectivity index (χ4n) is 1.80. The third-order valence-corrected chi connectivity index (χ3v) is 3.16. The molecule has 1 amide bonds. The molecule has 23 heavy (non-hydrogen) atoms. The van der Waals surface area contributed by atoms with Gasteiger partial charge >= 0.3 is 5.97 Å². The standard InChI is InChI=1S/C17H16ClNO4/c1-12-9-13(18)7-8-15(12)19-16(20)10-23-17(21)11-22-14-5-3-2-4-6-14/h2-9H,10-11H2,1H3,(H,19,20). The first-order chi connectivity index (χ1) is 11.0. The first-order valence-corrected chi connectivity index (χ1v) is 7.32. The zero-order valence-electron chi connectivity index (χ0n) is 12.5. The Kier molecular flexibility index (Phi) is 6.00. The number of carbonyl (C=O) groups excluding carboxylic acids is 2. The van der Waals surface area contributed by atoms with Crippen molar-refractivity contribution in [1.82, 2.24) is 0 Å². The summed E-state index contributed by atoms with van der Waals surface area (Å²) < 4.78 is 10.1. The zero-order chi connectivity index (χ0) is 16.7. The van der Waals surface area contributed by atoms with Crippen molar-refractivity contribution in [2.45, 2.75) is 6.92 Å². The van der Waals surface area contributed by atoms with Gasteiger partial charge < -0.3 is 14.8 Å². The molecule has 0 aliphatic rings. The maximum atomic E-state index is 11.8. The Hall–Kier alpha value is -2.53. The van der Waals surface area contributed by atoms with Crippen molar-refractivity contribution in [3.63, 3.8) is 0 Å². The molecule has 6 heteroatoms. The van der Waals surface area contributed by atoms with Crippen LogP contribution in [-0.2, 0) is 14.3 Å². The third-order valence-electron chi connectivity index (χ3n) is 2.93. The third kappa shape index (κ3) is 5.64. The van der Waals surface area contributed by atoms with E-state index in [-0.39, 0.29) is 13.2 Å². The smallest absolute Gasteiger partial charge is 0.344 e. The molecule has 0 radical (unpaired) electrons. The second-order valence-electron chi connectivity index (χ2n) is 4.77. The van der Waals surface area contributed by atoms with Crippen LogP contribution in [0, 0.1) is 6.92 Å². The van der Waals surface area contributed by atoms with E-state index in [1.54, 1.807) is 42.5 Å². The van der Waals surface area contributed by atoms with Crippen LogP contribution in [0.3, 0.4) is 0 Å². The first kappa shape index (κ1) is 16.8. The number of hydrogen-bond acceptors (Lipinski definition) is 4. The minimum absolute atomic E-state index is 0.253. The van der Waals surface area contributed by atoms with Crippen LogP contribution in [-0.4, -0.2) is 25.1 Å². The summed E-state index contributed by atoms with van der Waals surface area (Å²) in [6.45, 7) is 1.19. The number of carbonyl (C=O) groups is 2. The Bertz CT molecular complexity index is 688. The van der Waals surface area contributed by atoms with Crippen molar-refractivity contribution in [3.05, 3.63) is 59.1 Å². The van der Waals surface area contributed by atoms with Crippen molar-refractivity contribution in [3.8, 4) is 5.75 Å². The maximum absolute atomic E-state index is 11.8. The SMILES string of the molecule is Cc1cc(Cl)ccc1NC(=O)COC(=O)COc1ccccc1. The summed E-state index contributed by atoms with van der Waals surface area (Å²) in [6.07, 6.45) is 0. The summed E-state index contributed by atoms with van der Waals surface area (Å²) >= 11 is 5.85. The number of amides is 1. The van der Waals surface area contributed by atoms with E-state index in [0.717, 1.165) is 5.56 Å². The number of nitrogens with one attached hydrogen (secondary N) is 1. The molecule has 0 bridgehead atoms. The molecule has 120 valence electrons. The Morgan fingerprint density at radius 3 is 2.52 bits per heavy atom. The molecular weight excluding hydrogens is 318 g/mol. The molecule has 0 spiro atoms. The Balaban J connectivity index is 1.74. The number of aryl methyl sites for hydroxylation is 1. The number of ether oxygens (including phenoxy) is 2. The number of anilines is 1. The molecule has 0 aliphatic heterocycles. The lowest BCUT2D eigenvalue weighted by molar-refractivity contribution is -0.149. The van der Waals surface area contributed by atoms with Crippen LogP contribution in [0.5, 0.6) is 5.75 Å². The molecule has 0 unspecified atom stereocenters. The van der Waals surface area contributed by atoms with Crippen LogP contribution in [0.4, 0.5) is 5.69 Å². The molecule has 2 aromatic carbocycles. The molecule has 0 aliphatic carbocycles. The summed E-state index contributed by atoms with van der Waals surface area (Å²) in [7, 11) is 0. The van der Waals surface area contributed by atoms with Gasteiger partial charge in [0.15, 0.2) is 13.2 Å². The number of halogens is 1. The number of esters is 1. The lowest BCUT2D eigenvalue weighted by atomic mass is 10.2. The van der Waals surface area contributed by atoms with Gasteiger partial charge in [-0.25, -0.2) is 4.79 Å². The molecule has 0 saturated carbocycles. The van der Waals surface area contributed by atoms with Gasteiger partial charge in [0, 0.05) is 10.7 Å². The van der Waals surface area contributed by atoms with Gasteiger partial charge in [-0.15, -0.1) is 0 Å². The zero-order valence-corrected chi connectivity index (χ0v) is 13.3. The van der Waals surface area contributed by atoms with Gasteiger partial charge in [0.2, 0.25) is 0 Å². The first-order valence-electron chi connectivity index (χ1n) is 6.94. The van der Waals surface area contributed by atoms with Gasteiger partial charge in [-0.1, -0.05) is 29.8 Å². The molecule has 0 heterocycles. The van der Waals surface area contributed by atoms with Crippen LogP contribution in [0.1, 0.15) is 5.56 Å². The van der Waals surface area contributed by atoms with Crippen molar-refractivity contribution >= 4 is 29.2 Å². The lowest BCUT2D eigenvalue weighted by Gasteiger charge is -2.09. The Morgan fingerprint density at radius 2 is 1.83 bits per heavy atom. The van der Waals surface area contributed by atoms with Crippen molar-refractivity contribution < 1.29 is 19.1 Å². The Morgan fingerprint density at radius 1 is 1.09 bits per heavy atom. The van der Waals surface area contributed by atoms with Crippen LogP contribution in [0.2, 0.25) is 5.02 Å². The summed E-state index contributed by atoms with van der Waals surface area (Å²) in [5.41, 5.74) is 1.44. The molecule has 5 nitrogen and oxygen atoms in total. The van der Waals surface area contributed by atoms with E-state index >= 15 is 0 Å². The van der Waals surface area contributed by atoms with E-state index in [2.05, 4.69) is 5.32 Å². The Labute approximate surface area is 139 Å². The average Bonchev–Trinajstić information content (AvgIpc) is 2.54. The molecule has 0 atom stereocenters. The van der Waals surface area contributed by atoms with E-state index in [9.17, 15) is 9.59 Å². The number of benzene rings is 2. The van der Waals surface area contributed by atoms with Gasteiger partial charge in [0.05, 0.1) is 0 Å². The monoisotopic (exact) mass is 333 g/mol. The summed E-state index contributed by atoms with van der Waals surface area (Å²) in [5.74, 6) is -0.481. The normalized spacial score (nSPS) is 10.0. The molecule has 0 saturated heterocycles. The van der Waals surface area contributed by atoms with Crippen LogP contribution in [0.25, 0.3) is 0 Å². The molecular formula is C17H16ClNO4. The van der Waals surface area contributed by atoms with Crippen LogP contribution in [0.15, 0.2) is 48.5 Å². The maximum Gasteiger partial charge on any atom is 0.344 e. The molecule has 0 fully saturated rings. The second-order valence-corrected chi connectivity index (χ2v) is 5.21. The predicted molar refractivity (Wildman–Crippen MR) is 87.7 cm³/mol. The summed E-state index contributed by atoms with van der Waals surface area (Å²) in [6, 6.07) is 14.0. The van der Waals surface area contributed by atoms with Gasteiger partial charge in [0.25, 0.3) is 5.91 Å². The quantitative estimate of drug-likeness (QED) is 0.824. The van der Waals surface area contributed by atoms with Crippen molar-refractivity contribution in [2.75, 3.05) is 18.5 Å². The van der Waals surface area contributed by atoms with Gasteiger partial charge in [0.1, 0.15) is 5.75 Å². The fourth-order valence-corrected chi connectivity index (χ4v) is 2.03. The molecule has 0 aromatic heterocycles. The number of hydrogen-bond donors (Lipinski definition) is 1. The van der Waals surface area contributed by atoms with E-state index in [4.69, 9.17) is 21.1 Å². The molecule has 2 rings (SSSR count). The predicted octanol–water partition coefficient (Wildman–Crippen LogP) is 3.21. The number of para-hydroxylation sites is 1. The lowest BCUT2D eigenvalue weighted by Crippen LogP contribution is -2.23. The van der Waals surface area contributed by atoms with Gasteiger partial charge in [-0.2, -0.15) is 0 Å². The van der Waals surface area contributed by atoms with Crippen LogP contribution < -0.4 is 10.1 Å². The van der Waals surface area contributed by atoms with Crippen molar-refractivity contribution in [1.29, 1.82) is 0 Å².